The van der Waals surface area contributed by atoms with E-state index in [-0.39, 0.29) is 41.0 Å². The number of halogens is 1. The molecule has 0 radical (unpaired) electrons. The lowest BCUT2D eigenvalue weighted by Crippen LogP contribution is -2.74. The van der Waals surface area contributed by atoms with E-state index in [4.69, 9.17) is 17.3 Å². The number of aliphatic hydroxyl groups is 1. The summed E-state index contributed by atoms with van der Waals surface area (Å²) >= 11 is 6.93. The average molecular weight is 614 g/mol. The quantitative estimate of drug-likeness (QED) is 0.362. The molecule has 4 fully saturated rings. The number of likely N-dealkylation sites (N-methyl/N-ethyl adjacent to an activating group) is 1. The summed E-state index contributed by atoms with van der Waals surface area (Å²) in [5.41, 5.74) is 3.95. The van der Waals surface area contributed by atoms with Crippen molar-refractivity contribution < 1.29 is 34.2 Å². The molecule has 43 heavy (non-hydrogen) atoms. The molecule has 11 heteroatoms. The lowest BCUT2D eigenvalue weighted by molar-refractivity contribution is -0.181. The van der Waals surface area contributed by atoms with E-state index in [0.29, 0.717) is 28.6 Å². The van der Waals surface area contributed by atoms with Crippen molar-refractivity contribution in [1.82, 2.24) is 10.2 Å². The van der Waals surface area contributed by atoms with E-state index in [2.05, 4.69) is 26.1 Å². The summed E-state index contributed by atoms with van der Waals surface area (Å²) in [6.07, 6.45) is 3.55. The van der Waals surface area contributed by atoms with Gasteiger partial charge in [0.15, 0.2) is 34.7 Å². The van der Waals surface area contributed by atoms with Gasteiger partial charge in [0.25, 0.3) is 0 Å². The predicted molar refractivity (Wildman–Crippen MR) is 156 cm³/mol. The molecular weight excluding hydrogens is 574 g/mol. The molecule has 5 aliphatic rings. The van der Waals surface area contributed by atoms with Crippen LogP contribution >= 0.6 is 11.6 Å². The Bertz CT molecular complexity index is 1490. The van der Waals surface area contributed by atoms with Gasteiger partial charge in [-0.1, -0.05) is 32.4 Å². The van der Waals surface area contributed by atoms with Crippen molar-refractivity contribution in [3.05, 3.63) is 27.8 Å². The van der Waals surface area contributed by atoms with Crippen LogP contribution in [0.2, 0.25) is 5.02 Å². The summed E-state index contributed by atoms with van der Waals surface area (Å²) in [7, 11) is 3.11. The van der Waals surface area contributed by atoms with E-state index in [1.54, 1.807) is 14.1 Å². The van der Waals surface area contributed by atoms with Gasteiger partial charge < -0.3 is 21.3 Å². The highest BCUT2D eigenvalue weighted by Gasteiger charge is 2.69. The average Bonchev–Trinajstić information content (AvgIpc) is 3.25. The van der Waals surface area contributed by atoms with Crippen LogP contribution in [0, 0.1) is 40.4 Å². The summed E-state index contributed by atoms with van der Waals surface area (Å²) < 4.78 is 0. The molecule has 0 saturated heterocycles. The maximum atomic E-state index is 13.9. The topological polar surface area (TPSA) is 167 Å². The molecule has 4 unspecified atom stereocenters. The number of phenolic OH excluding ortho intramolecular Hbond substituents is 1. The van der Waals surface area contributed by atoms with Crippen LogP contribution in [0.3, 0.4) is 0 Å². The Labute approximate surface area is 255 Å². The second-order valence-electron chi connectivity index (χ2n) is 14.6. The number of rotatable bonds is 5. The van der Waals surface area contributed by atoms with Crippen LogP contribution in [-0.4, -0.2) is 75.9 Å². The number of hydrogen-bond donors (Lipinski definition) is 4. The van der Waals surface area contributed by atoms with Crippen LogP contribution in [0.5, 0.6) is 5.75 Å². The molecule has 1 aromatic rings. The fourth-order valence-electron chi connectivity index (χ4n) is 9.58. The smallest absolute Gasteiger partial charge is 0.235 e. The van der Waals surface area contributed by atoms with Crippen molar-refractivity contribution in [2.45, 2.75) is 77.1 Å². The van der Waals surface area contributed by atoms with Gasteiger partial charge >= 0.3 is 0 Å². The van der Waals surface area contributed by atoms with E-state index in [1.165, 1.54) is 17.4 Å². The van der Waals surface area contributed by atoms with Gasteiger partial charge in [-0.25, -0.2) is 0 Å². The fourth-order valence-corrected chi connectivity index (χ4v) is 9.87. The van der Waals surface area contributed by atoms with Gasteiger partial charge in [-0.15, -0.1) is 0 Å². The molecule has 0 aromatic heterocycles. The number of nitrogens with two attached hydrogens (primary N) is 1. The molecule has 10 nitrogen and oxygen atoms in total. The van der Waals surface area contributed by atoms with Crippen LogP contribution < -0.4 is 11.1 Å². The van der Waals surface area contributed by atoms with Gasteiger partial charge in [0.05, 0.1) is 17.5 Å². The number of carbonyl (C=O) groups excluding carboxylic acids is 5. The summed E-state index contributed by atoms with van der Waals surface area (Å²) in [6.45, 7) is 7.39. The van der Waals surface area contributed by atoms with Gasteiger partial charge in [-0.2, -0.15) is 0 Å². The van der Waals surface area contributed by atoms with Gasteiger partial charge in [0, 0.05) is 23.5 Å². The zero-order valence-corrected chi connectivity index (χ0v) is 26.0. The molecule has 9 atom stereocenters. The van der Waals surface area contributed by atoms with E-state index in [0.717, 1.165) is 12.8 Å². The minimum Gasteiger partial charge on any atom is -0.507 e. The van der Waals surface area contributed by atoms with Gasteiger partial charge in [-0.05, 0) is 86.1 Å². The third-order valence-electron chi connectivity index (χ3n) is 12.4. The van der Waals surface area contributed by atoms with Crippen molar-refractivity contribution in [2.75, 3.05) is 14.1 Å². The third kappa shape index (κ3) is 3.85. The number of aromatic hydroxyl groups is 1. The van der Waals surface area contributed by atoms with E-state index in [1.807, 2.05) is 0 Å². The number of hydrogen-bond acceptors (Lipinski definition) is 9. The van der Waals surface area contributed by atoms with Crippen molar-refractivity contribution >= 4 is 40.6 Å². The number of Topliss-reactive ketones (excluding diaryl/α,β-unsaturated/α-hetero) is 4. The first kappa shape index (κ1) is 30.4. The highest BCUT2D eigenvalue weighted by molar-refractivity contribution is 6.34. The SMILES string of the molecule is CN(C)[C@@H]1C(=O)C(C(N)=O)C(=O)[C@@]2(O)C(=O)C3C(=O)c4c(O)cc(CN[C@@H]5CC6CCC5(C)C6(C)C)c(Cl)c4C[C@H]3C[C@@H]12. The highest BCUT2D eigenvalue weighted by Crippen LogP contribution is 2.65. The third-order valence-corrected chi connectivity index (χ3v) is 12.9. The minimum absolute atomic E-state index is 0.0135. The standard InChI is InChI=1S/C32H40ClN3O7/c1-30(2)15-6-7-31(30,3)19(11-15)35-12-14-10-18(37)21-16(23(14)33)8-13-9-17-24(36(4)5)26(39)22(29(34)42)28(41)32(17,43)27(40)20(13)25(21)38/h10,13,15,17,19-20,22,24,35,37,43H,6-9,11-12H2,1-5H3,(H2,34,42)/t13-,15?,17-,19+,20?,22?,24-,31?,32-/m0/s1. The van der Waals surface area contributed by atoms with E-state index >= 15 is 0 Å². The first-order valence-corrected chi connectivity index (χ1v) is 15.5. The molecule has 4 saturated carbocycles. The van der Waals surface area contributed by atoms with Crippen LogP contribution in [0.25, 0.3) is 0 Å². The van der Waals surface area contributed by atoms with Gasteiger partial charge in [0.2, 0.25) is 5.91 Å². The first-order chi connectivity index (χ1) is 20.0. The number of nitrogens with zero attached hydrogens (tertiary/aromatic N) is 1. The Balaban J connectivity index is 1.34. The van der Waals surface area contributed by atoms with Crippen LogP contribution in [0.1, 0.15) is 67.9 Å². The molecule has 1 amide bonds. The lowest BCUT2D eigenvalue weighted by Gasteiger charge is -2.52. The van der Waals surface area contributed by atoms with Crippen molar-refractivity contribution in [2.24, 2.45) is 46.2 Å². The monoisotopic (exact) mass is 613 g/mol. The number of primary amides is 1. The first-order valence-electron chi connectivity index (χ1n) is 15.1. The normalized spacial score (nSPS) is 39.6. The molecular formula is C32H40ClN3O7. The number of benzene rings is 1. The zero-order chi connectivity index (χ0) is 31.5. The molecule has 0 aliphatic heterocycles. The second-order valence-corrected chi connectivity index (χ2v) is 14.9. The van der Waals surface area contributed by atoms with E-state index in [9.17, 15) is 34.2 Å². The summed E-state index contributed by atoms with van der Waals surface area (Å²) in [5.74, 6) is -10.1. The Kier molecular flexibility index (Phi) is 6.83. The summed E-state index contributed by atoms with van der Waals surface area (Å²) in [5, 5.41) is 26.8. The molecule has 2 bridgehead atoms. The zero-order valence-electron chi connectivity index (χ0n) is 25.2. The Morgan fingerprint density at radius 1 is 1.14 bits per heavy atom. The summed E-state index contributed by atoms with van der Waals surface area (Å²) in [6, 6.07) is 0.588. The van der Waals surface area contributed by atoms with Crippen LogP contribution in [0.15, 0.2) is 6.07 Å². The Hall–Kier alpha value is -2.66. The molecule has 6 rings (SSSR count). The Morgan fingerprint density at radius 3 is 2.37 bits per heavy atom. The number of amides is 1. The van der Waals surface area contributed by atoms with Crippen molar-refractivity contribution in [3.63, 3.8) is 0 Å². The lowest BCUT2D eigenvalue weighted by atomic mass is 9.52. The van der Waals surface area contributed by atoms with Gasteiger partial charge in [-0.3, -0.25) is 28.9 Å². The molecule has 0 heterocycles. The fraction of sp³-hybridized carbons (Fsp3) is 0.656. The number of phenols is 1. The Morgan fingerprint density at radius 2 is 1.81 bits per heavy atom. The predicted octanol–water partition coefficient (Wildman–Crippen LogP) is 1.82. The minimum atomic E-state index is -2.75. The van der Waals surface area contributed by atoms with Crippen LogP contribution in [-0.2, 0) is 32.1 Å². The highest BCUT2D eigenvalue weighted by atomic mass is 35.5. The summed E-state index contributed by atoms with van der Waals surface area (Å²) in [4.78, 5) is 68.1. The molecule has 232 valence electrons. The van der Waals surface area contributed by atoms with Crippen molar-refractivity contribution in [1.29, 1.82) is 0 Å². The number of carbonyl (C=O) groups is 5. The molecule has 5 N–H and O–H groups in total. The van der Waals surface area contributed by atoms with E-state index < -0.39 is 64.4 Å². The number of fused-ring (bicyclic) bond motifs is 5. The molecule has 0 spiro atoms. The molecule has 5 aliphatic carbocycles. The number of ketones is 4. The van der Waals surface area contributed by atoms with Crippen LogP contribution in [0.4, 0.5) is 0 Å². The maximum absolute atomic E-state index is 13.9. The number of nitrogens with one attached hydrogen (secondary N) is 1. The largest absolute Gasteiger partial charge is 0.507 e. The maximum Gasteiger partial charge on any atom is 0.235 e. The second kappa shape index (κ2) is 9.67. The molecule has 1 aromatic carbocycles. The van der Waals surface area contributed by atoms with Crippen molar-refractivity contribution in [3.8, 4) is 5.75 Å². The van der Waals surface area contributed by atoms with Gasteiger partial charge in [0.1, 0.15) is 5.75 Å².